The molecule has 2 rings (SSSR count). The zero-order chi connectivity index (χ0) is 14.0. The molecule has 0 saturated heterocycles. The van der Waals surface area contributed by atoms with Crippen LogP contribution in [0, 0.1) is 6.92 Å². The number of hydrogen-bond acceptors (Lipinski definition) is 3. The van der Waals surface area contributed by atoms with Crippen LogP contribution >= 0.6 is 11.6 Å². The van der Waals surface area contributed by atoms with Crippen molar-refractivity contribution in [2.45, 2.75) is 6.92 Å². The van der Waals surface area contributed by atoms with Crippen LogP contribution in [0.5, 0.6) is 5.75 Å². The number of rotatable bonds is 2. The maximum absolute atomic E-state index is 12.1. The number of carbonyl (C=O) groups is 1. The third kappa shape index (κ3) is 2.80. The number of nitrogens with one attached hydrogen (secondary N) is 1. The molecule has 0 aliphatic carbocycles. The van der Waals surface area contributed by atoms with E-state index in [-0.39, 0.29) is 11.3 Å². The summed E-state index contributed by atoms with van der Waals surface area (Å²) in [6, 6.07) is 9.58. The molecule has 2 aromatic rings. The minimum atomic E-state index is -0.414. The van der Waals surface area contributed by atoms with Crippen LogP contribution in [0.25, 0.3) is 0 Å². The predicted octanol–water partition coefficient (Wildman–Crippen LogP) is 3.19. The molecule has 98 valence electrons. The highest BCUT2D eigenvalue weighted by molar-refractivity contribution is 6.31. The lowest BCUT2D eigenvalue weighted by atomic mass is 10.1. The summed E-state index contributed by atoms with van der Waals surface area (Å²) in [5, 5.41) is 12.8. The second-order valence-corrected chi connectivity index (χ2v) is 4.57. The Morgan fingerprint density at radius 1 is 1.32 bits per heavy atom. The van der Waals surface area contributed by atoms with E-state index in [2.05, 4.69) is 5.32 Å². The van der Waals surface area contributed by atoms with Crippen molar-refractivity contribution in [3.8, 4) is 5.75 Å². The van der Waals surface area contributed by atoms with Crippen molar-refractivity contribution in [2.24, 2.45) is 0 Å². The fourth-order valence-electron chi connectivity index (χ4n) is 1.68. The second-order valence-electron chi connectivity index (χ2n) is 4.14. The maximum atomic E-state index is 12.1. The first-order valence-corrected chi connectivity index (χ1v) is 6.02. The Bertz CT molecular complexity index is 641. The normalized spacial score (nSPS) is 10.2. The molecule has 0 aliphatic heterocycles. The second kappa shape index (κ2) is 5.20. The topological polar surface area (TPSA) is 75.3 Å². The number of anilines is 2. The van der Waals surface area contributed by atoms with Crippen molar-refractivity contribution in [1.82, 2.24) is 0 Å². The monoisotopic (exact) mass is 276 g/mol. The molecule has 2 aromatic carbocycles. The molecule has 0 heterocycles. The summed E-state index contributed by atoms with van der Waals surface area (Å²) in [5.74, 6) is -0.575. The summed E-state index contributed by atoms with van der Waals surface area (Å²) in [5.41, 5.74) is 7.91. The summed E-state index contributed by atoms with van der Waals surface area (Å²) in [7, 11) is 0. The zero-order valence-corrected chi connectivity index (χ0v) is 11.0. The number of amides is 1. The average Bonchev–Trinajstić information content (AvgIpc) is 2.34. The number of aromatic hydroxyl groups is 1. The lowest BCUT2D eigenvalue weighted by Crippen LogP contribution is -2.13. The molecular formula is C14H13ClN2O2. The van der Waals surface area contributed by atoms with Crippen molar-refractivity contribution in [1.29, 1.82) is 0 Å². The van der Waals surface area contributed by atoms with Crippen molar-refractivity contribution >= 4 is 28.9 Å². The Balaban J connectivity index is 2.28. The number of nitrogen functional groups attached to an aromatic ring is 1. The zero-order valence-electron chi connectivity index (χ0n) is 10.3. The van der Waals surface area contributed by atoms with E-state index in [0.717, 1.165) is 5.56 Å². The van der Waals surface area contributed by atoms with Crippen molar-refractivity contribution in [3.63, 3.8) is 0 Å². The van der Waals surface area contributed by atoms with Crippen LogP contribution in [0.4, 0.5) is 11.4 Å². The highest BCUT2D eigenvalue weighted by Gasteiger charge is 2.13. The van der Waals surface area contributed by atoms with Crippen molar-refractivity contribution < 1.29 is 9.90 Å². The van der Waals surface area contributed by atoms with E-state index < -0.39 is 5.91 Å². The Labute approximate surface area is 115 Å². The van der Waals surface area contributed by atoms with Crippen LogP contribution in [-0.4, -0.2) is 11.0 Å². The van der Waals surface area contributed by atoms with Crippen LogP contribution in [-0.2, 0) is 0 Å². The summed E-state index contributed by atoms with van der Waals surface area (Å²) in [6.07, 6.45) is 0. The van der Waals surface area contributed by atoms with Gasteiger partial charge >= 0.3 is 0 Å². The Morgan fingerprint density at radius 3 is 2.74 bits per heavy atom. The van der Waals surface area contributed by atoms with Gasteiger partial charge in [0.05, 0.1) is 5.56 Å². The standard InChI is InChI=1S/C14H13ClN2O2/c1-8-11(16)3-2-4-12(8)17-14(19)10-6-5-9(15)7-13(10)18/h2-7,18H,16H2,1H3,(H,17,19). The molecule has 0 saturated carbocycles. The molecule has 0 aliphatic rings. The fraction of sp³-hybridized carbons (Fsp3) is 0.0714. The average molecular weight is 277 g/mol. The SMILES string of the molecule is Cc1c(N)cccc1NC(=O)c1ccc(Cl)cc1O. The number of nitrogens with two attached hydrogens (primary N) is 1. The van der Waals surface area contributed by atoms with Gasteiger partial charge in [0.1, 0.15) is 5.75 Å². The summed E-state index contributed by atoms with van der Waals surface area (Å²) in [6.45, 7) is 1.81. The highest BCUT2D eigenvalue weighted by Crippen LogP contribution is 2.25. The molecule has 0 spiro atoms. The summed E-state index contributed by atoms with van der Waals surface area (Å²) < 4.78 is 0. The van der Waals surface area contributed by atoms with Gasteiger partial charge in [0, 0.05) is 16.4 Å². The van der Waals surface area contributed by atoms with Gasteiger partial charge in [0.25, 0.3) is 5.91 Å². The molecule has 5 heteroatoms. The maximum Gasteiger partial charge on any atom is 0.259 e. The van der Waals surface area contributed by atoms with Gasteiger partial charge in [-0.1, -0.05) is 17.7 Å². The summed E-state index contributed by atoms with van der Waals surface area (Å²) in [4.78, 5) is 12.1. The molecule has 19 heavy (non-hydrogen) atoms. The number of benzene rings is 2. The fourth-order valence-corrected chi connectivity index (χ4v) is 1.84. The number of phenolic OH excluding ortho intramolecular Hbond substituents is 1. The molecule has 0 atom stereocenters. The van der Waals surface area contributed by atoms with Gasteiger partial charge in [-0.05, 0) is 42.8 Å². The van der Waals surface area contributed by atoms with Gasteiger partial charge in [0.15, 0.2) is 0 Å². The predicted molar refractivity (Wildman–Crippen MR) is 76.7 cm³/mol. The molecule has 0 aromatic heterocycles. The Morgan fingerprint density at radius 2 is 2.05 bits per heavy atom. The highest BCUT2D eigenvalue weighted by atomic mass is 35.5. The molecule has 0 fully saturated rings. The minimum absolute atomic E-state index is 0.159. The van der Waals surface area contributed by atoms with E-state index >= 15 is 0 Å². The van der Waals surface area contributed by atoms with Crippen LogP contribution in [0.3, 0.4) is 0 Å². The van der Waals surface area contributed by atoms with E-state index in [0.29, 0.717) is 16.4 Å². The molecular weight excluding hydrogens is 264 g/mol. The Kier molecular flexibility index (Phi) is 3.62. The smallest absolute Gasteiger partial charge is 0.259 e. The van der Waals surface area contributed by atoms with Gasteiger partial charge in [-0.3, -0.25) is 4.79 Å². The van der Waals surface area contributed by atoms with Crippen molar-refractivity contribution in [2.75, 3.05) is 11.1 Å². The lowest BCUT2D eigenvalue weighted by molar-refractivity contribution is 0.102. The minimum Gasteiger partial charge on any atom is -0.507 e. The first kappa shape index (κ1) is 13.2. The van der Waals surface area contributed by atoms with Gasteiger partial charge in [0.2, 0.25) is 0 Å². The number of carbonyl (C=O) groups excluding carboxylic acids is 1. The van der Waals surface area contributed by atoms with Gasteiger partial charge in [-0.15, -0.1) is 0 Å². The molecule has 0 bridgehead atoms. The number of halogens is 1. The van der Waals surface area contributed by atoms with Crippen LogP contribution in [0.2, 0.25) is 5.02 Å². The van der Waals surface area contributed by atoms with E-state index in [9.17, 15) is 9.90 Å². The number of phenols is 1. The summed E-state index contributed by atoms with van der Waals surface area (Å²) >= 11 is 5.72. The van der Waals surface area contributed by atoms with Crippen LogP contribution in [0.1, 0.15) is 15.9 Å². The largest absolute Gasteiger partial charge is 0.507 e. The molecule has 4 nitrogen and oxygen atoms in total. The first-order valence-electron chi connectivity index (χ1n) is 5.64. The van der Waals surface area contributed by atoms with E-state index in [1.807, 2.05) is 6.92 Å². The Hall–Kier alpha value is -2.20. The van der Waals surface area contributed by atoms with Gasteiger partial charge in [-0.25, -0.2) is 0 Å². The van der Waals surface area contributed by atoms with E-state index in [1.54, 1.807) is 24.3 Å². The molecule has 0 unspecified atom stereocenters. The third-order valence-corrected chi connectivity index (χ3v) is 3.06. The lowest BCUT2D eigenvalue weighted by Gasteiger charge is -2.11. The van der Waals surface area contributed by atoms with Crippen LogP contribution in [0.15, 0.2) is 36.4 Å². The van der Waals surface area contributed by atoms with Crippen LogP contribution < -0.4 is 11.1 Å². The van der Waals surface area contributed by atoms with E-state index in [4.69, 9.17) is 17.3 Å². The third-order valence-electron chi connectivity index (χ3n) is 2.83. The van der Waals surface area contributed by atoms with Crippen molar-refractivity contribution in [3.05, 3.63) is 52.5 Å². The van der Waals surface area contributed by atoms with E-state index in [1.165, 1.54) is 12.1 Å². The molecule has 4 N–H and O–H groups in total. The van der Waals surface area contributed by atoms with Gasteiger partial charge < -0.3 is 16.2 Å². The molecule has 1 amide bonds. The quantitative estimate of drug-likeness (QED) is 0.737. The van der Waals surface area contributed by atoms with Gasteiger partial charge in [-0.2, -0.15) is 0 Å². The first-order chi connectivity index (χ1) is 8.99. The molecule has 0 radical (unpaired) electrons. The number of hydrogen-bond donors (Lipinski definition) is 3.